The van der Waals surface area contributed by atoms with E-state index in [0.29, 0.717) is 11.5 Å². The molecule has 2 nitrogen and oxygen atoms in total. The Bertz CT molecular complexity index is 426. The molecule has 86 valence electrons. The molecule has 16 heavy (non-hydrogen) atoms. The van der Waals surface area contributed by atoms with Crippen LogP contribution in [-0.4, -0.2) is 18.3 Å². The first-order chi connectivity index (χ1) is 7.69. The van der Waals surface area contributed by atoms with Crippen molar-refractivity contribution in [2.45, 2.75) is 25.4 Å². The molecule has 0 radical (unpaired) electrons. The molecule has 1 aromatic carbocycles. The molecule has 1 N–H and O–H groups in total. The van der Waals surface area contributed by atoms with Gasteiger partial charge in [-0.3, -0.25) is 0 Å². The van der Waals surface area contributed by atoms with Gasteiger partial charge < -0.3 is 9.84 Å². The average Bonchev–Trinajstić information content (AvgIpc) is 2.63. The highest BCUT2D eigenvalue weighted by Crippen LogP contribution is 2.44. The van der Waals surface area contributed by atoms with E-state index in [1.807, 2.05) is 31.2 Å². The summed E-state index contributed by atoms with van der Waals surface area (Å²) in [6.45, 7) is 1.95. The maximum atomic E-state index is 9.97. The molecule has 0 heterocycles. The molecule has 0 amide bonds. The van der Waals surface area contributed by atoms with Gasteiger partial charge in [-0.25, -0.2) is 0 Å². The van der Waals surface area contributed by atoms with E-state index in [0.717, 1.165) is 16.9 Å². The number of benzene rings is 1. The van der Waals surface area contributed by atoms with Gasteiger partial charge in [0.15, 0.2) is 0 Å². The van der Waals surface area contributed by atoms with Crippen LogP contribution in [0.4, 0.5) is 0 Å². The summed E-state index contributed by atoms with van der Waals surface area (Å²) in [5.41, 5.74) is 2.05. The third-order valence-electron chi connectivity index (χ3n) is 3.04. The molecule has 0 fully saturated rings. The van der Waals surface area contributed by atoms with Gasteiger partial charge in [-0.2, -0.15) is 0 Å². The molecule has 1 aromatic rings. The van der Waals surface area contributed by atoms with Crippen LogP contribution in [-0.2, 0) is 0 Å². The Morgan fingerprint density at radius 2 is 2.25 bits per heavy atom. The van der Waals surface area contributed by atoms with Crippen LogP contribution in [0.2, 0.25) is 0 Å². The molecule has 1 aliphatic carbocycles. The van der Waals surface area contributed by atoms with E-state index in [2.05, 4.69) is 0 Å². The maximum absolute atomic E-state index is 9.97. The second-order valence-corrected chi connectivity index (χ2v) is 4.38. The number of rotatable bonds is 3. The van der Waals surface area contributed by atoms with Gasteiger partial charge in [-0.1, -0.05) is 30.7 Å². The zero-order chi connectivity index (χ0) is 11.7. The van der Waals surface area contributed by atoms with E-state index in [4.69, 9.17) is 16.3 Å². The molecule has 2 atom stereocenters. The van der Waals surface area contributed by atoms with Crippen LogP contribution >= 0.6 is 11.6 Å². The highest BCUT2D eigenvalue weighted by atomic mass is 35.5. The quantitative estimate of drug-likeness (QED) is 0.877. The van der Waals surface area contributed by atoms with Crippen LogP contribution in [0.15, 0.2) is 23.2 Å². The predicted octanol–water partition coefficient (Wildman–Crippen LogP) is 3.14. The number of ether oxygens (including phenoxy) is 1. The Balaban J connectivity index is 2.48. The Morgan fingerprint density at radius 3 is 2.88 bits per heavy atom. The summed E-state index contributed by atoms with van der Waals surface area (Å²) in [5, 5.41) is 10.7. The topological polar surface area (TPSA) is 29.5 Å². The number of hydrogen-bond donors (Lipinski definition) is 1. The highest BCUT2D eigenvalue weighted by molar-refractivity contribution is 6.33. The Kier molecular flexibility index (Phi) is 3.22. The van der Waals surface area contributed by atoms with Crippen LogP contribution in [0, 0.1) is 0 Å². The first-order valence-electron chi connectivity index (χ1n) is 5.41. The van der Waals surface area contributed by atoms with Crippen molar-refractivity contribution >= 4 is 17.7 Å². The van der Waals surface area contributed by atoms with Crippen molar-refractivity contribution in [1.82, 2.24) is 0 Å². The van der Waals surface area contributed by atoms with E-state index in [-0.39, 0.29) is 5.92 Å². The van der Waals surface area contributed by atoms with Crippen LogP contribution in [0.5, 0.6) is 5.75 Å². The van der Waals surface area contributed by atoms with Gasteiger partial charge in [0, 0.05) is 16.5 Å². The van der Waals surface area contributed by atoms with E-state index < -0.39 is 6.10 Å². The van der Waals surface area contributed by atoms with Gasteiger partial charge >= 0.3 is 0 Å². The lowest BCUT2D eigenvalue weighted by molar-refractivity contribution is 0.154. The molecule has 0 saturated carbocycles. The number of halogens is 1. The van der Waals surface area contributed by atoms with E-state index in [9.17, 15) is 5.11 Å². The Morgan fingerprint density at radius 1 is 1.50 bits per heavy atom. The summed E-state index contributed by atoms with van der Waals surface area (Å²) in [7, 11) is 1.64. The molecule has 0 aromatic heterocycles. The molecule has 0 aliphatic heterocycles. The second kappa shape index (κ2) is 4.48. The molecule has 2 unspecified atom stereocenters. The maximum Gasteiger partial charge on any atom is 0.126 e. The molecule has 0 saturated heterocycles. The summed E-state index contributed by atoms with van der Waals surface area (Å²) < 4.78 is 5.28. The predicted molar refractivity (Wildman–Crippen MR) is 65.9 cm³/mol. The van der Waals surface area contributed by atoms with E-state index in [1.165, 1.54) is 0 Å². The van der Waals surface area contributed by atoms with Crippen molar-refractivity contribution in [2.24, 2.45) is 0 Å². The minimum atomic E-state index is -0.433. The fourth-order valence-electron chi connectivity index (χ4n) is 2.17. The minimum Gasteiger partial charge on any atom is -0.496 e. The number of fused-ring (bicyclic) bond motifs is 1. The third kappa shape index (κ3) is 1.72. The van der Waals surface area contributed by atoms with Gasteiger partial charge in [0.1, 0.15) is 5.75 Å². The number of aliphatic hydroxyl groups excluding tert-OH is 1. The first kappa shape index (κ1) is 11.5. The van der Waals surface area contributed by atoms with Crippen LogP contribution in [0.1, 0.15) is 30.4 Å². The Labute approximate surface area is 101 Å². The summed E-state index contributed by atoms with van der Waals surface area (Å²) in [4.78, 5) is 0. The third-order valence-corrected chi connectivity index (χ3v) is 3.38. The van der Waals surface area contributed by atoms with Gasteiger partial charge in [-0.05, 0) is 24.1 Å². The lowest BCUT2D eigenvalue weighted by atomic mass is 9.93. The van der Waals surface area contributed by atoms with Gasteiger partial charge in [0.2, 0.25) is 0 Å². The minimum absolute atomic E-state index is 0.100. The van der Waals surface area contributed by atoms with Crippen molar-refractivity contribution in [1.29, 1.82) is 0 Å². The summed E-state index contributed by atoms with van der Waals surface area (Å²) >= 11 is 6.19. The summed E-state index contributed by atoms with van der Waals surface area (Å²) in [6, 6.07) is 5.82. The molecule has 2 rings (SSSR count). The largest absolute Gasteiger partial charge is 0.496 e. The lowest BCUT2D eigenvalue weighted by Crippen LogP contribution is -2.16. The lowest BCUT2D eigenvalue weighted by Gasteiger charge is -2.19. The second-order valence-electron chi connectivity index (χ2n) is 3.95. The van der Waals surface area contributed by atoms with Gasteiger partial charge in [0.25, 0.3) is 0 Å². The zero-order valence-electron chi connectivity index (χ0n) is 9.40. The summed E-state index contributed by atoms with van der Waals surface area (Å²) in [6.07, 6.45) is 2.14. The SMILES string of the molecule is CCC(O)C1C(Cl)=Cc2c(OC)cccc21. The fraction of sp³-hybridized carbons (Fsp3) is 0.385. The smallest absolute Gasteiger partial charge is 0.126 e. The van der Waals surface area contributed by atoms with Crippen molar-refractivity contribution in [3.63, 3.8) is 0 Å². The Hall–Kier alpha value is -0.990. The first-order valence-corrected chi connectivity index (χ1v) is 5.78. The van der Waals surface area contributed by atoms with Crippen LogP contribution in [0.25, 0.3) is 6.08 Å². The molecular formula is C13H15ClO2. The average molecular weight is 239 g/mol. The standard InChI is InChI=1S/C13H15ClO2/c1-3-11(15)13-8-5-4-6-12(16-2)9(8)7-10(13)14/h4-7,11,13,15H,3H2,1-2H3. The summed E-state index contributed by atoms with van der Waals surface area (Å²) in [5.74, 6) is 0.707. The van der Waals surface area contributed by atoms with Gasteiger partial charge in [-0.15, -0.1) is 0 Å². The van der Waals surface area contributed by atoms with Crippen LogP contribution < -0.4 is 4.74 Å². The monoisotopic (exact) mass is 238 g/mol. The molecule has 0 bridgehead atoms. The van der Waals surface area contributed by atoms with Crippen molar-refractivity contribution in [3.8, 4) is 5.75 Å². The van der Waals surface area contributed by atoms with Crippen LogP contribution in [0.3, 0.4) is 0 Å². The molecule has 1 aliphatic rings. The van der Waals surface area contributed by atoms with Gasteiger partial charge in [0.05, 0.1) is 13.2 Å². The molecule has 0 spiro atoms. The number of methoxy groups -OCH3 is 1. The van der Waals surface area contributed by atoms with Crippen molar-refractivity contribution in [2.75, 3.05) is 7.11 Å². The zero-order valence-corrected chi connectivity index (χ0v) is 10.2. The van der Waals surface area contributed by atoms with E-state index in [1.54, 1.807) is 7.11 Å². The highest BCUT2D eigenvalue weighted by Gasteiger charge is 2.30. The van der Waals surface area contributed by atoms with E-state index >= 15 is 0 Å². The number of aliphatic hydroxyl groups is 1. The van der Waals surface area contributed by atoms with Crippen molar-refractivity contribution in [3.05, 3.63) is 34.4 Å². The molecular weight excluding hydrogens is 224 g/mol. The fourth-order valence-corrected chi connectivity index (χ4v) is 2.54. The molecule has 3 heteroatoms. The normalized spacial score (nSPS) is 20.2. The number of hydrogen-bond acceptors (Lipinski definition) is 2. The van der Waals surface area contributed by atoms with Crippen molar-refractivity contribution < 1.29 is 9.84 Å².